The maximum Gasteiger partial charge on any atom is 0.418 e. The fraction of sp³-hybridized carbons (Fsp3) is 0.467. The predicted molar refractivity (Wildman–Crippen MR) is 156 cm³/mol. The lowest BCUT2D eigenvalue weighted by molar-refractivity contribution is -0.136. The fourth-order valence-corrected chi connectivity index (χ4v) is 7.48. The lowest BCUT2D eigenvalue weighted by Gasteiger charge is -2.38. The van der Waals surface area contributed by atoms with Crippen molar-refractivity contribution in [3.05, 3.63) is 81.5 Å². The van der Waals surface area contributed by atoms with Crippen LogP contribution in [0.1, 0.15) is 73.0 Å². The Morgan fingerprint density at radius 3 is 2.60 bits per heavy atom. The van der Waals surface area contributed by atoms with Gasteiger partial charge in [-0.15, -0.1) is 10.2 Å². The maximum absolute atomic E-state index is 14.4. The minimum Gasteiger partial charge on any atom is -0.320 e. The Morgan fingerprint density at radius 1 is 1.19 bits per heavy atom. The van der Waals surface area contributed by atoms with Crippen LogP contribution < -0.4 is 5.69 Å². The van der Waals surface area contributed by atoms with Crippen LogP contribution in [0.5, 0.6) is 0 Å². The number of nitriles is 1. The van der Waals surface area contributed by atoms with Crippen molar-refractivity contribution in [2.24, 2.45) is 13.0 Å². The Balaban J connectivity index is 1.47. The third-order valence-corrected chi connectivity index (χ3v) is 9.68. The van der Waals surface area contributed by atoms with Crippen molar-refractivity contribution in [1.82, 2.24) is 28.6 Å². The molecule has 4 heterocycles. The number of fused-ring (bicyclic) bond motifs is 1. The number of alkyl halides is 3. The van der Waals surface area contributed by atoms with Gasteiger partial charge in [-0.25, -0.2) is 4.79 Å². The van der Waals surface area contributed by atoms with Gasteiger partial charge in [0, 0.05) is 48.7 Å². The summed E-state index contributed by atoms with van der Waals surface area (Å²) in [5.41, 5.74) is 0.252. The summed E-state index contributed by atoms with van der Waals surface area (Å²) in [5, 5.41) is 18.5. The number of hydrogen-bond donors (Lipinski definition) is 0. The van der Waals surface area contributed by atoms with Crippen LogP contribution in [-0.2, 0) is 19.8 Å². The first-order valence-corrected chi connectivity index (χ1v) is 15.4. The molecule has 1 aromatic carbocycles. The van der Waals surface area contributed by atoms with E-state index < -0.39 is 17.4 Å². The highest BCUT2D eigenvalue weighted by molar-refractivity contribution is 6.15. The molecule has 2 atom stereocenters. The average Bonchev–Trinajstić information content (AvgIpc) is 3.47. The van der Waals surface area contributed by atoms with Crippen LogP contribution in [0.25, 0.3) is 11.2 Å². The van der Waals surface area contributed by atoms with E-state index in [9.17, 15) is 23.2 Å². The summed E-state index contributed by atoms with van der Waals surface area (Å²) in [7, 11) is 2.88. The molecule has 0 bridgehead atoms. The van der Waals surface area contributed by atoms with Crippen LogP contribution in [0, 0.1) is 17.2 Å². The van der Waals surface area contributed by atoms with Gasteiger partial charge in [-0.2, -0.15) is 18.4 Å². The molecule has 42 heavy (non-hydrogen) atoms. The maximum atomic E-state index is 14.4. The normalized spacial score (nSPS) is 21.0. The second-order valence-electron chi connectivity index (χ2n) is 12.7. The predicted octanol–water partition coefficient (Wildman–Crippen LogP) is 4.18. The van der Waals surface area contributed by atoms with Crippen molar-refractivity contribution in [1.29, 1.82) is 5.26 Å². The van der Waals surface area contributed by atoms with Gasteiger partial charge in [-0.05, 0) is 78.6 Å². The number of hydrogen-bond acceptors (Lipinski definition) is 5. The number of benzene rings is 1. The summed E-state index contributed by atoms with van der Waals surface area (Å²) < 4.78 is 47.3. The lowest BCUT2D eigenvalue weighted by atomic mass is 9.72. The van der Waals surface area contributed by atoms with Gasteiger partial charge in [0.15, 0.2) is 0 Å². The van der Waals surface area contributed by atoms with E-state index in [4.69, 9.17) is 0 Å². The lowest BCUT2D eigenvalue weighted by Crippen LogP contribution is -2.37. The van der Waals surface area contributed by atoms with Crippen molar-refractivity contribution in [3.8, 4) is 11.8 Å². The Hall–Kier alpha value is -3.69. The van der Waals surface area contributed by atoms with E-state index in [1.165, 1.54) is 23.0 Å². The fourth-order valence-electron chi connectivity index (χ4n) is 6.68. The Bertz CT molecular complexity index is 1740. The van der Waals surface area contributed by atoms with E-state index in [1.54, 1.807) is 24.5 Å². The third-order valence-electron chi connectivity index (χ3n) is 8.87. The van der Waals surface area contributed by atoms with Crippen LogP contribution in [-0.4, -0.2) is 52.0 Å². The van der Waals surface area contributed by atoms with Crippen molar-refractivity contribution < 1.29 is 13.2 Å². The number of rotatable bonds is 6. The molecule has 3 aromatic heterocycles. The number of piperidine rings is 1. The molecule has 6 rings (SSSR count). The van der Waals surface area contributed by atoms with Gasteiger partial charge in [-0.3, -0.25) is 13.9 Å². The molecular weight excluding hydrogens is 559 g/mol. The largest absolute Gasteiger partial charge is 0.418 e. The van der Waals surface area contributed by atoms with E-state index in [1.807, 2.05) is 11.6 Å². The SMILES string of the molecule is Cn1cnnc1[C@@H](c1cc(C#N)cc(-n2cc3c(C(F)(F)F)cc(CN4CCC[C@](C)([SiH3])C4)cn3c2=O)c1)C1CCC1. The van der Waals surface area contributed by atoms with E-state index in [0.717, 1.165) is 71.2 Å². The van der Waals surface area contributed by atoms with Crippen molar-refractivity contribution in [2.45, 2.75) is 62.7 Å². The van der Waals surface area contributed by atoms with Crippen LogP contribution in [0.3, 0.4) is 0 Å². The minimum absolute atomic E-state index is 0.153. The second-order valence-corrected chi connectivity index (χ2v) is 15.1. The molecule has 0 radical (unpaired) electrons. The minimum atomic E-state index is -4.64. The van der Waals surface area contributed by atoms with E-state index in [2.05, 4.69) is 28.1 Å². The van der Waals surface area contributed by atoms with E-state index in [-0.39, 0.29) is 16.5 Å². The van der Waals surface area contributed by atoms with Gasteiger partial charge >= 0.3 is 11.9 Å². The highest BCUT2D eigenvalue weighted by atomic mass is 28.1. The molecule has 1 saturated heterocycles. The van der Waals surface area contributed by atoms with Gasteiger partial charge in [0.2, 0.25) is 0 Å². The first-order valence-electron chi connectivity index (χ1n) is 14.4. The standard InChI is InChI=1S/C30H34F3N7OSi/c1-29(42)7-4-8-38(17-29)14-20-11-24(30(31,32)33)25-16-39(28(41)40(25)15-20)23-10-19(13-34)9-22(12-23)26(21-5-3-6-21)27-36-35-18-37(27)2/h9-12,15-16,18,21,26H,3-8,14,17H2,1-2,42H3/t26-,29+/m1/s1. The molecule has 1 aliphatic carbocycles. The molecule has 0 amide bonds. The first-order chi connectivity index (χ1) is 19.9. The molecule has 8 nitrogen and oxygen atoms in total. The molecule has 0 unspecified atom stereocenters. The summed E-state index contributed by atoms with van der Waals surface area (Å²) >= 11 is 0. The topological polar surface area (TPSA) is 84.2 Å². The van der Waals surface area contributed by atoms with E-state index >= 15 is 0 Å². The van der Waals surface area contributed by atoms with Crippen LogP contribution in [0.2, 0.25) is 5.04 Å². The smallest absolute Gasteiger partial charge is 0.320 e. The summed E-state index contributed by atoms with van der Waals surface area (Å²) in [5.74, 6) is 0.893. The van der Waals surface area contributed by atoms with Gasteiger partial charge in [0.1, 0.15) is 12.2 Å². The van der Waals surface area contributed by atoms with Crippen LogP contribution in [0.4, 0.5) is 13.2 Å². The number of aryl methyl sites for hydroxylation is 1. The summed E-state index contributed by atoms with van der Waals surface area (Å²) in [6.45, 7) is 4.24. The molecular formula is C30H34F3N7OSi. The van der Waals surface area contributed by atoms with Gasteiger partial charge in [0.05, 0.1) is 28.4 Å². The molecule has 2 fully saturated rings. The number of nitrogens with zero attached hydrogens (tertiary/aromatic N) is 7. The quantitative estimate of drug-likeness (QED) is 0.313. The third kappa shape index (κ3) is 5.31. The van der Waals surface area contributed by atoms with Crippen LogP contribution >= 0.6 is 0 Å². The number of aromatic nitrogens is 5. The number of pyridine rings is 1. The van der Waals surface area contributed by atoms with Crippen molar-refractivity contribution in [2.75, 3.05) is 13.1 Å². The molecule has 0 N–H and O–H groups in total. The Labute approximate surface area is 244 Å². The van der Waals surface area contributed by atoms with Gasteiger partial charge in [0.25, 0.3) is 0 Å². The zero-order chi connectivity index (χ0) is 29.8. The molecule has 1 aliphatic heterocycles. The van der Waals surface area contributed by atoms with E-state index in [0.29, 0.717) is 29.3 Å². The zero-order valence-corrected chi connectivity index (χ0v) is 26.0. The molecule has 0 spiro atoms. The molecule has 220 valence electrons. The molecule has 2 aliphatic rings. The van der Waals surface area contributed by atoms with Crippen molar-refractivity contribution in [3.63, 3.8) is 0 Å². The number of likely N-dealkylation sites (tertiary alicyclic amines) is 1. The van der Waals surface area contributed by atoms with Crippen molar-refractivity contribution >= 4 is 15.8 Å². The summed E-state index contributed by atoms with van der Waals surface area (Å²) in [6.07, 6.45) is 4.98. The monoisotopic (exact) mass is 593 g/mol. The highest BCUT2D eigenvalue weighted by Crippen LogP contribution is 2.43. The Kier molecular flexibility index (Phi) is 7.13. The van der Waals surface area contributed by atoms with Crippen LogP contribution in [0.15, 0.2) is 47.8 Å². The summed E-state index contributed by atoms with van der Waals surface area (Å²) in [6, 6.07) is 8.48. The molecule has 12 heteroatoms. The first kappa shape index (κ1) is 28.4. The zero-order valence-electron chi connectivity index (χ0n) is 24.0. The second kappa shape index (κ2) is 10.5. The van der Waals surface area contributed by atoms with Gasteiger partial charge < -0.3 is 4.57 Å². The Morgan fingerprint density at radius 2 is 1.98 bits per heavy atom. The van der Waals surface area contributed by atoms with Gasteiger partial charge in [-0.1, -0.05) is 13.3 Å². The number of halogens is 3. The summed E-state index contributed by atoms with van der Waals surface area (Å²) in [4.78, 5) is 16.0. The molecule has 1 saturated carbocycles. The number of imidazole rings is 1. The highest BCUT2D eigenvalue weighted by Gasteiger charge is 2.36. The molecule has 4 aromatic rings. The average molecular weight is 594 g/mol.